The third-order valence-electron chi connectivity index (χ3n) is 6.12. The van der Waals surface area contributed by atoms with Crippen molar-refractivity contribution in [1.82, 2.24) is 9.80 Å². The molecule has 1 saturated heterocycles. The Balaban J connectivity index is 1.63. The summed E-state index contributed by atoms with van der Waals surface area (Å²) in [4.78, 5) is 20.1. The molecule has 5 heteroatoms. The first kappa shape index (κ1) is 23.7. The van der Waals surface area contributed by atoms with Crippen LogP contribution in [0.3, 0.4) is 0 Å². The van der Waals surface area contributed by atoms with E-state index in [9.17, 15) is 4.79 Å². The Morgan fingerprint density at radius 1 is 1.09 bits per heavy atom. The summed E-state index contributed by atoms with van der Waals surface area (Å²) in [5.41, 5.74) is 2.22. The summed E-state index contributed by atoms with van der Waals surface area (Å²) < 4.78 is 5.53. The van der Waals surface area contributed by atoms with E-state index in [0.717, 1.165) is 62.6 Å². The quantitative estimate of drug-likeness (QED) is 0.533. The Hall–Kier alpha value is -2.97. The van der Waals surface area contributed by atoms with E-state index in [4.69, 9.17) is 11.2 Å². The minimum atomic E-state index is -0.164. The second-order valence-corrected chi connectivity index (χ2v) is 8.22. The molecular weight excluding hydrogens is 398 g/mol. The van der Waals surface area contributed by atoms with Crippen LogP contribution in [-0.4, -0.2) is 68.6 Å². The van der Waals surface area contributed by atoms with E-state index >= 15 is 0 Å². The molecule has 0 spiro atoms. The Morgan fingerprint density at radius 2 is 1.78 bits per heavy atom. The zero-order valence-corrected chi connectivity index (χ0v) is 19.4. The van der Waals surface area contributed by atoms with E-state index in [0.29, 0.717) is 13.1 Å². The van der Waals surface area contributed by atoms with Crippen molar-refractivity contribution < 1.29 is 9.53 Å². The first-order valence-corrected chi connectivity index (χ1v) is 11.6. The van der Waals surface area contributed by atoms with Gasteiger partial charge in [0.05, 0.1) is 25.3 Å². The highest BCUT2D eigenvalue weighted by atomic mass is 16.5. The number of hydrogen-bond acceptors (Lipinski definition) is 4. The molecule has 1 aliphatic rings. The van der Waals surface area contributed by atoms with Crippen LogP contribution in [0.2, 0.25) is 0 Å². The molecule has 1 aliphatic heterocycles. The van der Waals surface area contributed by atoms with Gasteiger partial charge in [-0.05, 0) is 37.1 Å². The smallest absolute Gasteiger partial charge is 0.230 e. The SMILES string of the molecule is C#CCN(CCC)C(=O)C(CCN1CCN(c2ccccc2OC)CC1)c1ccccc1. The first-order chi connectivity index (χ1) is 15.7. The largest absolute Gasteiger partial charge is 0.495 e. The van der Waals surface area contributed by atoms with Crippen LogP contribution >= 0.6 is 0 Å². The molecule has 1 amide bonds. The van der Waals surface area contributed by atoms with Gasteiger partial charge in [-0.25, -0.2) is 0 Å². The van der Waals surface area contributed by atoms with Gasteiger partial charge in [-0.3, -0.25) is 9.69 Å². The molecule has 0 N–H and O–H groups in total. The number of hydrogen-bond donors (Lipinski definition) is 0. The third kappa shape index (κ3) is 6.05. The number of ether oxygens (including phenoxy) is 1. The standard InChI is InChI=1S/C27H35N3O2/c1-4-16-30(17-5-2)27(31)24(23-11-7-6-8-12-23)15-18-28-19-21-29(22-20-28)25-13-9-10-14-26(25)32-3/h1,6-14,24H,5,15-22H2,2-3H3. The van der Waals surface area contributed by atoms with E-state index in [1.54, 1.807) is 7.11 Å². The summed E-state index contributed by atoms with van der Waals surface area (Å²) in [7, 11) is 1.72. The minimum Gasteiger partial charge on any atom is -0.495 e. The summed E-state index contributed by atoms with van der Waals surface area (Å²) in [5, 5.41) is 0. The maximum absolute atomic E-state index is 13.4. The lowest BCUT2D eigenvalue weighted by Gasteiger charge is -2.37. The number of anilines is 1. The highest BCUT2D eigenvalue weighted by Crippen LogP contribution is 2.29. The van der Waals surface area contributed by atoms with Crippen LogP contribution in [-0.2, 0) is 4.79 Å². The van der Waals surface area contributed by atoms with Crippen molar-refractivity contribution in [2.24, 2.45) is 0 Å². The molecule has 0 radical (unpaired) electrons. The minimum absolute atomic E-state index is 0.142. The highest BCUT2D eigenvalue weighted by molar-refractivity contribution is 5.84. The number of rotatable bonds is 10. The number of carbonyl (C=O) groups excluding carboxylic acids is 1. The van der Waals surface area contributed by atoms with E-state index in [1.807, 2.05) is 35.2 Å². The molecular formula is C27H35N3O2. The number of amides is 1. The van der Waals surface area contributed by atoms with Crippen molar-refractivity contribution in [2.45, 2.75) is 25.7 Å². The van der Waals surface area contributed by atoms with Crippen LogP contribution in [0.1, 0.15) is 31.2 Å². The molecule has 2 aromatic rings. The Labute approximate surface area is 193 Å². The second kappa shape index (κ2) is 12.2. The average Bonchev–Trinajstić information content (AvgIpc) is 2.85. The third-order valence-corrected chi connectivity index (χ3v) is 6.12. The van der Waals surface area contributed by atoms with E-state index < -0.39 is 0 Å². The fourth-order valence-electron chi connectivity index (χ4n) is 4.40. The molecule has 170 valence electrons. The fourth-order valence-corrected chi connectivity index (χ4v) is 4.40. The molecule has 0 aromatic heterocycles. The molecule has 1 heterocycles. The van der Waals surface area contributed by atoms with Crippen molar-refractivity contribution >= 4 is 11.6 Å². The molecule has 1 atom stereocenters. The molecule has 0 bridgehead atoms. The first-order valence-electron chi connectivity index (χ1n) is 11.6. The number of benzene rings is 2. The summed E-state index contributed by atoms with van der Waals surface area (Å²) in [5.74, 6) is 3.55. The lowest BCUT2D eigenvalue weighted by atomic mass is 9.93. The number of methoxy groups -OCH3 is 1. The fraction of sp³-hybridized carbons (Fsp3) is 0.444. The van der Waals surface area contributed by atoms with E-state index in [-0.39, 0.29) is 11.8 Å². The predicted molar refractivity (Wildman–Crippen MR) is 131 cm³/mol. The van der Waals surface area contributed by atoms with Gasteiger partial charge in [0.25, 0.3) is 0 Å². The lowest BCUT2D eigenvalue weighted by Crippen LogP contribution is -2.47. The normalized spacial score (nSPS) is 15.1. The van der Waals surface area contributed by atoms with Gasteiger partial charge in [0, 0.05) is 32.7 Å². The molecule has 2 aromatic carbocycles. The predicted octanol–water partition coefficient (Wildman–Crippen LogP) is 3.86. The van der Waals surface area contributed by atoms with Gasteiger partial charge < -0.3 is 14.5 Å². The van der Waals surface area contributed by atoms with Crippen molar-refractivity contribution in [3.05, 3.63) is 60.2 Å². The Morgan fingerprint density at radius 3 is 2.44 bits per heavy atom. The summed E-state index contributed by atoms with van der Waals surface area (Å²) in [6.45, 7) is 7.87. The Bertz CT molecular complexity index is 885. The monoisotopic (exact) mass is 433 g/mol. The molecule has 1 unspecified atom stereocenters. The van der Waals surface area contributed by atoms with Crippen LogP contribution < -0.4 is 9.64 Å². The summed E-state index contributed by atoms with van der Waals surface area (Å²) in [6.07, 6.45) is 7.24. The van der Waals surface area contributed by atoms with Gasteiger partial charge >= 0.3 is 0 Å². The van der Waals surface area contributed by atoms with Gasteiger partial charge in [-0.15, -0.1) is 6.42 Å². The van der Waals surface area contributed by atoms with E-state index in [1.165, 1.54) is 0 Å². The number of terminal acetylenes is 1. The lowest BCUT2D eigenvalue weighted by molar-refractivity contribution is -0.132. The van der Waals surface area contributed by atoms with Crippen molar-refractivity contribution in [2.75, 3.05) is 57.8 Å². The van der Waals surface area contributed by atoms with Gasteiger partial charge in [0.2, 0.25) is 5.91 Å². The maximum Gasteiger partial charge on any atom is 0.230 e. The van der Waals surface area contributed by atoms with E-state index in [2.05, 4.69) is 46.9 Å². The maximum atomic E-state index is 13.4. The topological polar surface area (TPSA) is 36.0 Å². The molecule has 0 aliphatic carbocycles. The van der Waals surface area contributed by atoms with Gasteiger partial charge in [0.15, 0.2) is 0 Å². The van der Waals surface area contributed by atoms with Crippen LogP contribution in [0.5, 0.6) is 5.75 Å². The second-order valence-electron chi connectivity index (χ2n) is 8.22. The summed E-state index contributed by atoms with van der Waals surface area (Å²) >= 11 is 0. The van der Waals surface area contributed by atoms with Crippen LogP contribution in [0.4, 0.5) is 5.69 Å². The van der Waals surface area contributed by atoms with Gasteiger partial charge in [-0.2, -0.15) is 0 Å². The average molecular weight is 434 g/mol. The molecule has 0 saturated carbocycles. The number of para-hydroxylation sites is 2. The number of carbonyl (C=O) groups is 1. The van der Waals surface area contributed by atoms with Crippen molar-refractivity contribution in [3.63, 3.8) is 0 Å². The molecule has 32 heavy (non-hydrogen) atoms. The number of piperazine rings is 1. The zero-order valence-electron chi connectivity index (χ0n) is 19.4. The highest BCUT2D eigenvalue weighted by Gasteiger charge is 2.27. The van der Waals surface area contributed by atoms with Crippen molar-refractivity contribution in [1.29, 1.82) is 0 Å². The van der Waals surface area contributed by atoms with Crippen LogP contribution in [0.25, 0.3) is 0 Å². The Kier molecular flexibility index (Phi) is 9.01. The molecule has 3 rings (SSSR count). The number of nitrogens with zero attached hydrogens (tertiary/aromatic N) is 3. The van der Waals surface area contributed by atoms with Crippen molar-refractivity contribution in [3.8, 4) is 18.1 Å². The molecule has 1 fully saturated rings. The molecule has 5 nitrogen and oxygen atoms in total. The van der Waals surface area contributed by atoms with Crippen LogP contribution in [0.15, 0.2) is 54.6 Å². The summed E-state index contributed by atoms with van der Waals surface area (Å²) in [6, 6.07) is 18.3. The van der Waals surface area contributed by atoms with Gasteiger partial charge in [-0.1, -0.05) is 55.3 Å². The van der Waals surface area contributed by atoms with Gasteiger partial charge in [0.1, 0.15) is 5.75 Å². The van der Waals surface area contributed by atoms with Crippen LogP contribution in [0, 0.1) is 12.3 Å². The zero-order chi connectivity index (χ0) is 22.8.